The first-order chi connectivity index (χ1) is 5.77. The summed E-state index contributed by atoms with van der Waals surface area (Å²) in [5.74, 6) is 0. The Kier molecular flexibility index (Phi) is 4.01. The molecule has 12 heavy (non-hydrogen) atoms. The van der Waals surface area contributed by atoms with E-state index >= 15 is 0 Å². The van der Waals surface area contributed by atoms with E-state index in [0.29, 0.717) is 0 Å². The zero-order valence-corrected chi connectivity index (χ0v) is 9.68. The zero-order valence-electron chi connectivity index (χ0n) is 7.52. The van der Waals surface area contributed by atoms with Crippen molar-refractivity contribution in [3.8, 4) is 0 Å². The summed E-state index contributed by atoms with van der Waals surface area (Å²) in [7, 11) is 1.99. The van der Waals surface area contributed by atoms with Crippen molar-refractivity contribution in [3.63, 3.8) is 0 Å². The molecule has 0 fully saturated rings. The first kappa shape index (κ1) is 9.99. The number of halogens is 1. The maximum atomic E-state index is 3.18. The Balaban J connectivity index is 2.95. The Morgan fingerprint density at radius 2 is 2.08 bits per heavy atom. The van der Waals surface area contributed by atoms with E-state index in [4.69, 9.17) is 0 Å². The average Bonchev–Trinajstić information content (AvgIpc) is 2.05. The molecule has 0 aromatic heterocycles. The molecule has 0 atom stereocenters. The van der Waals surface area contributed by atoms with Gasteiger partial charge in [-0.25, -0.2) is 0 Å². The molecule has 0 aliphatic carbocycles. The van der Waals surface area contributed by atoms with Crippen LogP contribution in [0.25, 0.3) is 0 Å². The van der Waals surface area contributed by atoms with E-state index in [0.717, 1.165) is 13.0 Å². The minimum absolute atomic E-state index is 0.972. The summed E-state index contributed by atoms with van der Waals surface area (Å²) in [6.45, 7) is 3.17. The monoisotopic (exact) mass is 275 g/mol. The van der Waals surface area contributed by atoms with Crippen LogP contribution in [0.5, 0.6) is 0 Å². The minimum atomic E-state index is 0.972. The molecule has 0 radical (unpaired) electrons. The maximum absolute atomic E-state index is 3.18. The van der Waals surface area contributed by atoms with Crippen LogP contribution in [0.1, 0.15) is 18.1 Å². The quantitative estimate of drug-likeness (QED) is 0.836. The second kappa shape index (κ2) is 4.82. The van der Waals surface area contributed by atoms with Crippen molar-refractivity contribution in [2.24, 2.45) is 0 Å². The summed E-state index contributed by atoms with van der Waals surface area (Å²) in [5.41, 5.74) is 2.87. The van der Waals surface area contributed by atoms with Gasteiger partial charge in [0.25, 0.3) is 0 Å². The van der Waals surface area contributed by atoms with Gasteiger partial charge in [0.1, 0.15) is 0 Å². The molecule has 0 amide bonds. The smallest absolute Gasteiger partial charge is 0.0205 e. The first-order valence-electron chi connectivity index (χ1n) is 4.19. The van der Waals surface area contributed by atoms with E-state index in [1.807, 2.05) is 7.05 Å². The van der Waals surface area contributed by atoms with Crippen LogP contribution < -0.4 is 5.32 Å². The van der Waals surface area contributed by atoms with Gasteiger partial charge in [0.2, 0.25) is 0 Å². The number of nitrogens with one attached hydrogen (secondary N) is 1. The van der Waals surface area contributed by atoms with E-state index in [9.17, 15) is 0 Å². The van der Waals surface area contributed by atoms with Gasteiger partial charge in [-0.05, 0) is 59.3 Å². The highest BCUT2D eigenvalue weighted by Crippen LogP contribution is 2.14. The van der Waals surface area contributed by atoms with Crippen molar-refractivity contribution in [1.29, 1.82) is 0 Å². The van der Waals surface area contributed by atoms with Gasteiger partial charge in [0.15, 0.2) is 0 Å². The third-order valence-electron chi connectivity index (χ3n) is 1.92. The zero-order chi connectivity index (χ0) is 8.97. The lowest BCUT2D eigenvalue weighted by molar-refractivity contribution is 0.805. The Bertz CT molecular complexity index is 258. The lowest BCUT2D eigenvalue weighted by atomic mass is 10.1. The second-order valence-corrected chi connectivity index (χ2v) is 4.04. The number of hydrogen-bond donors (Lipinski definition) is 1. The summed E-state index contributed by atoms with van der Waals surface area (Å²) in [4.78, 5) is 0. The topological polar surface area (TPSA) is 12.0 Å². The van der Waals surface area contributed by atoms with E-state index in [1.54, 1.807) is 0 Å². The first-order valence-corrected chi connectivity index (χ1v) is 5.27. The van der Waals surface area contributed by atoms with E-state index < -0.39 is 0 Å². The maximum Gasteiger partial charge on any atom is 0.0205 e. The Labute approximate surface area is 87.7 Å². The van der Waals surface area contributed by atoms with Gasteiger partial charge in [-0.3, -0.25) is 0 Å². The van der Waals surface area contributed by atoms with Crippen molar-refractivity contribution >= 4 is 22.6 Å². The number of rotatable bonds is 3. The molecule has 1 nitrogen and oxygen atoms in total. The summed E-state index contributed by atoms with van der Waals surface area (Å²) in [5, 5.41) is 3.18. The Hall–Kier alpha value is -0.0900. The lowest BCUT2D eigenvalue weighted by Crippen LogP contribution is -2.07. The van der Waals surface area contributed by atoms with Crippen molar-refractivity contribution in [3.05, 3.63) is 32.9 Å². The van der Waals surface area contributed by atoms with Crippen LogP contribution in [-0.2, 0) is 13.0 Å². The highest BCUT2D eigenvalue weighted by atomic mass is 127. The molecule has 0 aliphatic heterocycles. The van der Waals surface area contributed by atoms with Crippen molar-refractivity contribution in [2.45, 2.75) is 19.9 Å². The molecule has 0 saturated heterocycles. The van der Waals surface area contributed by atoms with Gasteiger partial charge in [-0.2, -0.15) is 0 Å². The molecule has 0 aliphatic rings. The molecule has 66 valence electrons. The summed E-state index contributed by atoms with van der Waals surface area (Å²) in [6.07, 6.45) is 1.12. The summed E-state index contributed by atoms with van der Waals surface area (Å²) < 4.78 is 1.31. The van der Waals surface area contributed by atoms with Crippen molar-refractivity contribution in [2.75, 3.05) is 7.05 Å². The number of benzene rings is 1. The molecular formula is C10H14IN. The third-order valence-corrected chi connectivity index (χ3v) is 2.59. The van der Waals surface area contributed by atoms with E-state index in [1.165, 1.54) is 14.7 Å². The molecule has 2 heteroatoms. The Morgan fingerprint density at radius 1 is 1.33 bits per heavy atom. The molecule has 0 heterocycles. The molecule has 1 N–H and O–H groups in total. The van der Waals surface area contributed by atoms with Crippen LogP contribution in [0.4, 0.5) is 0 Å². The molecule has 1 rings (SSSR count). The number of aryl methyl sites for hydroxylation is 1. The van der Waals surface area contributed by atoms with Crippen LogP contribution in [0, 0.1) is 3.57 Å². The van der Waals surface area contributed by atoms with E-state index in [-0.39, 0.29) is 0 Å². The van der Waals surface area contributed by atoms with Crippen LogP contribution in [0.3, 0.4) is 0 Å². The Morgan fingerprint density at radius 3 is 2.67 bits per heavy atom. The predicted molar refractivity (Wildman–Crippen MR) is 61.3 cm³/mol. The third kappa shape index (κ3) is 2.45. The highest BCUT2D eigenvalue weighted by molar-refractivity contribution is 14.1. The van der Waals surface area contributed by atoms with Gasteiger partial charge in [0.05, 0.1) is 0 Å². The molecular weight excluding hydrogens is 261 g/mol. The fourth-order valence-electron chi connectivity index (χ4n) is 1.29. The van der Waals surface area contributed by atoms with Crippen LogP contribution in [-0.4, -0.2) is 7.05 Å². The molecule has 0 saturated carbocycles. The molecule has 0 spiro atoms. The van der Waals surface area contributed by atoms with E-state index in [2.05, 4.69) is 53.0 Å². The van der Waals surface area contributed by atoms with Gasteiger partial charge in [-0.15, -0.1) is 0 Å². The largest absolute Gasteiger partial charge is 0.316 e. The normalized spacial score (nSPS) is 10.2. The molecule has 0 unspecified atom stereocenters. The lowest BCUT2D eigenvalue weighted by Gasteiger charge is -2.07. The van der Waals surface area contributed by atoms with Crippen molar-refractivity contribution < 1.29 is 0 Å². The summed E-state index contributed by atoms with van der Waals surface area (Å²) in [6, 6.07) is 6.63. The fraction of sp³-hybridized carbons (Fsp3) is 0.400. The number of hydrogen-bond acceptors (Lipinski definition) is 1. The second-order valence-electron chi connectivity index (χ2n) is 2.80. The standard InChI is InChI=1S/C10H14IN/c1-3-8-4-5-10(11)6-9(8)7-12-2/h4-6,12H,3,7H2,1-2H3. The predicted octanol–water partition coefficient (Wildman–Crippen LogP) is 2.57. The molecule has 0 bridgehead atoms. The SMILES string of the molecule is CCc1ccc(I)cc1CNC. The van der Waals surface area contributed by atoms with Gasteiger partial charge >= 0.3 is 0 Å². The van der Waals surface area contributed by atoms with Crippen molar-refractivity contribution in [1.82, 2.24) is 5.32 Å². The van der Waals surface area contributed by atoms with Gasteiger partial charge in [-0.1, -0.05) is 13.0 Å². The average molecular weight is 275 g/mol. The van der Waals surface area contributed by atoms with Gasteiger partial charge < -0.3 is 5.32 Å². The van der Waals surface area contributed by atoms with Crippen LogP contribution >= 0.6 is 22.6 Å². The van der Waals surface area contributed by atoms with Gasteiger partial charge in [0, 0.05) is 10.1 Å². The van der Waals surface area contributed by atoms with Crippen LogP contribution in [0.15, 0.2) is 18.2 Å². The molecule has 1 aromatic carbocycles. The molecule has 1 aromatic rings. The summed E-state index contributed by atoms with van der Waals surface area (Å²) >= 11 is 2.35. The minimum Gasteiger partial charge on any atom is -0.316 e. The van der Waals surface area contributed by atoms with Crippen LogP contribution in [0.2, 0.25) is 0 Å². The highest BCUT2D eigenvalue weighted by Gasteiger charge is 1.99. The fourth-order valence-corrected chi connectivity index (χ4v) is 1.85.